The van der Waals surface area contributed by atoms with Crippen LogP contribution >= 0.6 is 11.8 Å². The number of nitrogens with zero attached hydrogens (tertiary/aromatic N) is 2. The predicted octanol–water partition coefficient (Wildman–Crippen LogP) is 4.16. The largest absolute Gasteiger partial charge is 0.467 e. The van der Waals surface area contributed by atoms with Gasteiger partial charge in [0.2, 0.25) is 5.91 Å². The number of benzene rings is 2. The molecule has 160 valence electrons. The van der Waals surface area contributed by atoms with Crippen LogP contribution in [-0.2, 0) is 22.6 Å². The van der Waals surface area contributed by atoms with Gasteiger partial charge in [-0.1, -0.05) is 42.1 Å². The fourth-order valence-electron chi connectivity index (χ4n) is 3.31. The Morgan fingerprint density at radius 1 is 1.12 bits per heavy atom. The Labute approximate surface area is 188 Å². The molecule has 1 N–H and O–H groups in total. The first-order valence-corrected chi connectivity index (χ1v) is 10.7. The molecule has 32 heavy (non-hydrogen) atoms. The van der Waals surface area contributed by atoms with Gasteiger partial charge in [-0.05, 0) is 48.4 Å². The molecule has 0 radical (unpaired) electrons. The third-order valence-corrected chi connectivity index (χ3v) is 6.12. The van der Waals surface area contributed by atoms with Crippen LogP contribution in [0.4, 0.5) is 10.1 Å². The molecule has 1 aliphatic heterocycles. The van der Waals surface area contributed by atoms with Crippen LogP contribution < -0.4 is 10.2 Å². The number of carbonyl (C=O) groups excluding carboxylic acids is 2. The van der Waals surface area contributed by atoms with Crippen molar-refractivity contribution < 1.29 is 18.4 Å². The van der Waals surface area contributed by atoms with Gasteiger partial charge in [0.1, 0.15) is 28.2 Å². The highest BCUT2D eigenvalue weighted by Gasteiger charge is 2.40. The van der Waals surface area contributed by atoms with E-state index in [1.165, 1.54) is 35.4 Å². The van der Waals surface area contributed by atoms with Gasteiger partial charge in [0.15, 0.2) is 0 Å². The minimum absolute atomic E-state index is 0.104. The molecule has 2 amide bonds. The van der Waals surface area contributed by atoms with Crippen molar-refractivity contribution in [1.82, 2.24) is 5.32 Å². The van der Waals surface area contributed by atoms with Crippen LogP contribution in [0.1, 0.15) is 11.3 Å². The van der Waals surface area contributed by atoms with E-state index in [0.29, 0.717) is 17.9 Å². The first-order chi connectivity index (χ1) is 15.6. The van der Waals surface area contributed by atoms with E-state index in [-0.39, 0.29) is 23.1 Å². The molecular weight excluding hydrogens is 429 g/mol. The van der Waals surface area contributed by atoms with Crippen molar-refractivity contribution in [2.24, 2.45) is 0 Å². The molecule has 4 rings (SSSR count). The Morgan fingerprint density at radius 2 is 1.88 bits per heavy atom. The van der Waals surface area contributed by atoms with Gasteiger partial charge in [0.25, 0.3) is 5.91 Å². The summed E-state index contributed by atoms with van der Waals surface area (Å²) in [6, 6.07) is 20.2. The van der Waals surface area contributed by atoms with E-state index in [1.54, 1.807) is 12.1 Å². The van der Waals surface area contributed by atoms with Gasteiger partial charge in [-0.25, -0.2) is 4.39 Å². The smallest absolute Gasteiger partial charge is 0.265 e. The second-order valence-corrected chi connectivity index (χ2v) is 8.19. The molecule has 1 saturated heterocycles. The summed E-state index contributed by atoms with van der Waals surface area (Å²) >= 11 is 1.16. The molecule has 0 aliphatic carbocycles. The van der Waals surface area contributed by atoms with Crippen molar-refractivity contribution in [2.45, 2.75) is 18.2 Å². The first-order valence-electron chi connectivity index (χ1n) is 9.82. The fraction of sp³-hybridized carbons (Fsp3) is 0.125. The van der Waals surface area contributed by atoms with Crippen LogP contribution in [0.3, 0.4) is 0 Å². The summed E-state index contributed by atoms with van der Waals surface area (Å²) in [5.41, 5.74) is 1.16. The molecule has 0 spiro atoms. The van der Waals surface area contributed by atoms with E-state index in [4.69, 9.17) is 4.42 Å². The quantitative estimate of drug-likeness (QED) is 0.453. The van der Waals surface area contributed by atoms with E-state index in [2.05, 4.69) is 5.32 Å². The van der Waals surface area contributed by atoms with Crippen LogP contribution in [0, 0.1) is 17.1 Å². The Morgan fingerprint density at radius 3 is 2.53 bits per heavy atom. The van der Waals surface area contributed by atoms with Crippen LogP contribution in [0.25, 0.3) is 0 Å². The van der Waals surface area contributed by atoms with Crippen LogP contribution in [0.2, 0.25) is 0 Å². The zero-order valence-electron chi connectivity index (χ0n) is 16.8. The topological polar surface area (TPSA) is 86.3 Å². The van der Waals surface area contributed by atoms with Gasteiger partial charge in [0.05, 0.1) is 18.1 Å². The number of amides is 2. The fourth-order valence-corrected chi connectivity index (χ4v) is 4.62. The lowest BCUT2D eigenvalue weighted by molar-refractivity contribution is -0.117. The third-order valence-electron chi connectivity index (χ3n) is 4.86. The summed E-state index contributed by atoms with van der Waals surface area (Å²) in [6.07, 6.45) is 1.92. The van der Waals surface area contributed by atoms with Crippen molar-refractivity contribution >= 4 is 29.3 Å². The zero-order valence-corrected chi connectivity index (χ0v) is 17.6. The minimum Gasteiger partial charge on any atom is -0.467 e. The van der Waals surface area contributed by atoms with Gasteiger partial charge in [0, 0.05) is 5.69 Å². The molecular formula is C24H18FN3O3S. The standard InChI is InChI=1S/C24H18FN3O3S/c25-17-8-10-18(11-9-17)28-23(30)21(13-16-5-2-1-3-6-16)32-24(28)20(14-26)22(29)27-15-19-7-4-12-31-19/h1-12,21H,13,15H2,(H,27,29)/b24-20-/t21-/m0/s1. The zero-order chi connectivity index (χ0) is 22.5. The third kappa shape index (κ3) is 4.58. The number of anilines is 1. The number of hydrogen-bond acceptors (Lipinski definition) is 5. The Bertz CT molecular complexity index is 1190. The molecule has 0 unspecified atom stereocenters. The van der Waals surface area contributed by atoms with Crippen molar-refractivity contribution in [1.29, 1.82) is 5.26 Å². The number of furan rings is 1. The van der Waals surface area contributed by atoms with Gasteiger partial charge in [-0.15, -0.1) is 0 Å². The Hall–Kier alpha value is -3.83. The number of halogens is 1. The molecule has 8 heteroatoms. The van der Waals surface area contributed by atoms with Crippen LogP contribution in [0.5, 0.6) is 0 Å². The van der Waals surface area contributed by atoms with Gasteiger partial charge < -0.3 is 9.73 Å². The maximum atomic E-state index is 13.5. The van der Waals surface area contributed by atoms with Crippen LogP contribution in [0.15, 0.2) is 88.0 Å². The number of nitriles is 1. The Balaban J connectivity index is 1.67. The number of carbonyl (C=O) groups is 2. The highest BCUT2D eigenvalue weighted by Crippen LogP contribution is 2.41. The monoisotopic (exact) mass is 447 g/mol. The van der Waals surface area contributed by atoms with E-state index >= 15 is 0 Å². The molecule has 3 aromatic rings. The van der Waals surface area contributed by atoms with Crippen molar-refractivity contribution in [3.05, 3.63) is 101 Å². The number of rotatable bonds is 6. The van der Waals surface area contributed by atoms with Gasteiger partial charge in [-0.3, -0.25) is 14.5 Å². The van der Waals surface area contributed by atoms with Crippen molar-refractivity contribution in [3.63, 3.8) is 0 Å². The average molecular weight is 447 g/mol. The highest BCUT2D eigenvalue weighted by molar-refractivity contribution is 8.05. The lowest BCUT2D eigenvalue weighted by Crippen LogP contribution is -2.32. The molecule has 2 heterocycles. The van der Waals surface area contributed by atoms with Crippen LogP contribution in [-0.4, -0.2) is 17.1 Å². The Kier molecular flexibility index (Phi) is 6.38. The minimum atomic E-state index is -0.619. The van der Waals surface area contributed by atoms with Gasteiger partial charge in [-0.2, -0.15) is 5.26 Å². The molecule has 2 aromatic carbocycles. The number of thioether (sulfide) groups is 1. The average Bonchev–Trinajstić information content (AvgIpc) is 3.43. The maximum Gasteiger partial charge on any atom is 0.265 e. The second kappa shape index (κ2) is 9.54. The van der Waals surface area contributed by atoms with Crippen molar-refractivity contribution in [3.8, 4) is 6.07 Å². The maximum absolute atomic E-state index is 13.5. The SMILES string of the molecule is N#C/C(C(=O)NCc1ccco1)=C1/S[C@@H](Cc2ccccc2)C(=O)N1c1ccc(F)cc1. The highest BCUT2D eigenvalue weighted by atomic mass is 32.2. The molecule has 0 saturated carbocycles. The number of hydrogen-bond donors (Lipinski definition) is 1. The molecule has 1 aliphatic rings. The van der Waals surface area contributed by atoms with E-state index in [1.807, 2.05) is 36.4 Å². The summed E-state index contributed by atoms with van der Waals surface area (Å²) in [5.74, 6) is -0.803. The second-order valence-electron chi connectivity index (χ2n) is 7.00. The normalized spacial score (nSPS) is 17.2. The molecule has 0 bridgehead atoms. The van der Waals surface area contributed by atoms with E-state index in [9.17, 15) is 19.2 Å². The lowest BCUT2D eigenvalue weighted by Gasteiger charge is -2.18. The predicted molar refractivity (Wildman–Crippen MR) is 119 cm³/mol. The lowest BCUT2D eigenvalue weighted by atomic mass is 10.1. The number of nitrogens with one attached hydrogen (secondary N) is 1. The molecule has 6 nitrogen and oxygen atoms in total. The van der Waals surface area contributed by atoms with Gasteiger partial charge >= 0.3 is 0 Å². The summed E-state index contributed by atoms with van der Waals surface area (Å²) < 4.78 is 18.7. The summed E-state index contributed by atoms with van der Waals surface area (Å²) in [6.45, 7) is 0.104. The first kappa shape index (κ1) is 21.4. The summed E-state index contributed by atoms with van der Waals surface area (Å²) in [4.78, 5) is 27.5. The summed E-state index contributed by atoms with van der Waals surface area (Å²) in [5, 5.41) is 12.1. The van der Waals surface area contributed by atoms with Crippen molar-refractivity contribution in [2.75, 3.05) is 4.90 Å². The molecule has 1 fully saturated rings. The summed E-state index contributed by atoms with van der Waals surface area (Å²) in [7, 11) is 0. The molecule has 1 atom stereocenters. The molecule has 1 aromatic heterocycles. The van der Waals surface area contributed by atoms with E-state index < -0.39 is 17.0 Å². The van der Waals surface area contributed by atoms with E-state index in [0.717, 1.165) is 17.3 Å².